The first-order valence-corrected chi connectivity index (χ1v) is 7.35. The molecule has 1 N–H and O–H groups in total. The summed E-state index contributed by atoms with van der Waals surface area (Å²) >= 11 is 0. The van der Waals surface area contributed by atoms with Gasteiger partial charge in [0, 0.05) is 24.1 Å². The lowest BCUT2D eigenvalue weighted by molar-refractivity contribution is 0.0948. The molecular formula is C16H23F2NO. The fourth-order valence-corrected chi connectivity index (χ4v) is 2.88. The Morgan fingerprint density at radius 2 is 2.10 bits per heavy atom. The van der Waals surface area contributed by atoms with Gasteiger partial charge in [-0.1, -0.05) is 19.1 Å². The molecule has 3 unspecified atom stereocenters. The van der Waals surface area contributed by atoms with E-state index in [1.54, 1.807) is 19.1 Å². The highest BCUT2D eigenvalue weighted by atomic mass is 19.2. The van der Waals surface area contributed by atoms with Crippen molar-refractivity contribution in [1.82, 2.24) is 5.32 Å². The number of hydrogen-bond acceptors (Lipinski definition) is 2. The average molecular weight is 283 g/mol. The van der Waals surface area contributed by atoms with Crippen LogP contribution < -0.4 is 5.32 Å². The van der Waals surface area contributed by atoms with E-state index >= 15 is 0 Å². The van der Waals surface area contributed by atoms with Gasteiger partial charge in [0.2, 0.25) is 0 Å². The first-order valence-electron chi connectivity index (χ1n) is 7.35. The fourth-order valence-electron chi connectivity index (χ4n) is 2.88. The molecule has 0 spiro atoms. The second-order valence-corrected chi connectivity index (χ2v) is 5.56. The molecule has 2 rings (SSSR count). The van der Waals surface area contributed by atoms with E-state index in [9.17, 15) is 8.78 Å². The molecule has 0 amide bonds. The van der Waals surface area contributed by atoms with E-state index in [-0.39, 0.29) is 18.1 Å². The fraction of sp³-hybridized carbons (Fsp3) is 0.625. The molecular weight excluding hydrogens is 260 g/mol. The zero-order valence-corrected chi connectivity index (χ0v) is 12.4. The maximum atomic E-state index is 14.3. The van der Waals surface area contributed by atoms with Crippen LogP contribution in [0.3, 0.4) is 0 Å². The van der Waals surface area contributed by atoms with Crippen molar-refractivity contribution in [3.63, 3.8) is 0 Å². The second-order valence-electron chi connectivity index (χ2n) is 5.56. The highest BCUT2D eigenvalue weighted by molar-refractivity contribution is 5.28. The number of nitrogens with one attached hydrogen (secondary N) is 1. The summed E-state index contributed by atoms with van der Waals surface area (Å²) in [4.78, 5) is 0. The van der Waals surface area contributed by atoms with E-state index in [0.29, 0.717) is 17.7 Å². The summed E-state index contributed by atoms with van der Waals surface area (Å²) in [6.45, 7) is 7.11. The monoisotopic (exact) mass is 283 g/mol. The average Bonchev–Trinajstić information content (AvgIpc) is 2.85. The molecule has 0 aliphatic carbocycles. The summed E-state index contributed by atoms with van der Waals surface area (Å²) in [7, 11) is 0. The standard InChI is InChI=1S/C16H23F2NO/c1-4-8-19-16(12-7-9-20-11(12)3)13-6-5-10(2)14(17)15(13)18/h5-6,11-12,16,19H,4,7-9H2,1-3H3. The minimum absolute atomic E-state index is 0.0631. The van der Waals surface area contributed by atoms with Crippen LogP contribution in [0.1, 0.15) is 43.9 Å². The Labute approximate surface area is 119 Å². The Balaban J connectivity index is 2.33. The molecule has 112 valence electrons. The van der Waals surface area contributed by atoms with Crippen molar-refractivity contribution in [3.8, 4) is 0 Å². The molecule has 0 saturated carbocycles. The quantitative estimate of drug-likeness (QED) is 0.889. The van der Waals surface area contributed by atoms with E-state index in [0.717, 1.165) is 19.4 Å². The van der Waals surface area contributed by atoms with Crippen molar-refractivity contribution < 1.29 is 13.5 Å². The third-order valence-corrected chi connectivity index (χ3v) is 4.12. The number of ether oxygens (including phenoxy) is 1. The van der Waals surface area contributed by atoms with E-state index in [1.807, 2.05) is 6.92 Å². The van der Waals surface area contributed by atoms with Gasteiger partial charge >= 0.3 is 0 Å². The van der Waals surface area contributed by atoms with Crippen LogP contribution in [0.4, 0.5) is 8.78 Å². The summed E-state index contributed by atoms with van der Waals surface area (Å²) in [5.74, 6) is -1.28. The predicted octanol–water partition coefficient (Wildman–Crippen LogP) is 3.74. The Bertz CT molecular complexity index is 464. The summed E-state index contributed by atoms with van der Waals surface area (Å²) < 4.78 is 33.7. The molecule has 1 aliphatic heterocycles. The minimum Gasteiger partial charge on any atom is -0.378 e. The van der Waals surface area contributed by atoms with Gasteiger partial charge < -0.3 is 10.1 Å². The molecule has 0 bridgehead atoms. The Morgan fingerprint density at radius 1 is 1.35 bits per heavy atom. The van der Waals surface area contributed by atoms with Crippen LogP contribution in [0.5, 0.6) is 0 Å². The Morgan fingerprint density at radius 3 is 2.70 bits per heavy atom. The first kappa shape index (κ1) is 15.4. The smallest absolute Gasteiger partial charge is 0.163 e. The Hall–Kier alpha value is -1.00. The van der Waals surface area contributed by atoms with Gasteiger partial charge in [-0.25, -0.2) is 8.78 Å². The van der Waals surface area contributed by atoms with E-state index in [2.05, 4.69) is 12.2 Å². The zero-order valence-electron chi connectivity index (χ0n) is 12.4. The largest absolute Gasteiger partial charge is 0.378 e. The van der Waals surface area contributed by atoms with E-state index in [1.165, 1.54) is 0 Å². The van der Waals surface area contributed by atoms with Crippen molar-refractivity contribution in [2.45, 2.75) is 45.8 Å². The molecule has 3 atom stereocenters. The predicted molar refractivity (Wildman–Crippen MR) is 75.7 cm³/mol. The highest BCUT2D eigenvalue weighted by Gasteiger charge is 2.34. The third-order valence-electron chi connectivity index (χ3n) is 4.12. The number of hydrogen-bond donors (Lipinski definition) is 1. The van der Waals surface area contributed by atoms with Gasteiger partial charge in [0.1, 0.15) is 0 Å². The molecule has 1 aromatic rings. The van der Waals surface area contributed by atoms with E-state index < -0.39 is 11.6 Å². The van der Waals surface area contributed by atoms with Gasteiger partial charge in [-0.3, -0.25) is 0 Å². The van der Waals surface area contributed by atoms with Crippen LogP contribution >= 0.6 is 0 Å². The maximum absolute atomic E-state index is 14.3. The summed E-state index contributed by atoms with van der Waals surface area (Å²) in [5.41, 5.74) is 0.764. The molecule has 1 saturated heterocycles. The highest BCUT2D eigenvalue weighted by Crippen LogP contribution is 2.35. The van der Waals surface area contributed by atoms with Crippen LogP contribution in [0, 0.1) is 24.5 Å². The molecule has 20 heavy (non-hydrogen) atoms. The van der Waals surface area contributed by atoms with Gasteiger partial charge in [0.15, 0.2) is 11.6 Å². The minimum atomic E-state index is -0.739. The van der Waals surface area contributed by atoms with Crippen molar-refractivity contribution in [2.24, 2.45) is 5.92 Å². The summed E-state index contributed by atoms with van der Waals surface area (Å²) in [6, 6.07) is 3.16. The number of aryl methyl sites for hydroxylation is 1. The molecule has 0 aromatic heterocycles. The number of halogens is 2. The lowest BCUT2D eigenvalue weighted by Gasteiger charge is -2.28. The third kappa shape index (κ3) is 3.01. The van der Waals surface area contributed by atoms with Crippen LogP contribution in [0.2, 0.25) is 0 Å². The molecule has 1 aliphatic rings. The maximum Gasteiger partial charge on any atom is 0.163 e. The van der Waals surface area contributed by atoms with Crippen molar-refractivity contribution in [3.05, 3.63) is 34.9 Å². The summed E-state index contributed by atoms with van der Waals surface area (Å²) in [5, 5.41) is 3.36. The normalized spacial score (nSPS) is 24.1. The number of benzene rings is 1. The topological polar surface area (TPSA) is 21.3 Å². The zero-order chi connectivity index (χ0) is 14.7. The van der Waals surface area contributed by atoms with Crippen LogP contribution in [0.15, 0.2) is 12.1 Å². The number of rotatable bonds is 5. The molecule has 2 nitrogen and oxygen atoms in total. The van der Waals surface area contributed by atoms with Gasteiger partial charge in [-0.15, -0.1) is 0 Å². The van der Waals surface area contributed by atoms with Crippen LogP contribution in [-0.4, -0.2) is 19.3 Å². The molecule has 1 aromatic carbocycles. The van der Waals surface area contributed by atoms with Crippen molar-refractivity contribution in [2.75, 3.05) is 13.2 Å². The lowest BCUT2D eigenvalue weighted by Crippen LogP contribution is -2.33. The van der Waals surface area contributed by atoms with Crippen molar-refractivity contribution in [1.29, 1.82) is 0 Å². The molecule has 1 heterocycles. The molecule has 0 radical (unpaired) electrons. The Kier molecular flexibility index (Phi) is 5.11. The SMILES string of the molecule is CCCNC(c1ccc(C)c(F)c1F)C1CCOC1C. The van der Waals surface area contributed by atoms with Gasteiger partial charge in [0.25, 0.3) is 0 Å². The van der Waals surface area contributed by atoms with Crippen LogP contribution in [-0.2, 0) is 4.74 Å². The van der Waals surface area contributed by atoms with Gasteiger partial charge in [-0.05, 0) is 38.8 Å². The molecule has 4 heteroatoms. The van der Waals surface area contributed by atoms with Gasteiger partial charge in [-0.2, -0.15) is 0 Å². The summed E-state index contributed by atoms with van der Waals surface area (Å²) in [6.07, 6.45) is 1.89. The van der Waals surface area contributed by atoms with Gasteiger partial charge in [0.05, 0.1) is 6.10 Å². The van der Waals surface area contributed by atoms with Crippen LogP contribution in [0.25, 0.3) is 0 Å². The second kappa shape index (κ2) is 6.64. The molecule has 1 fully saturated rings. The lowest BCUT2D eigenvalue weighted by atomic mass is 9.87. The van der Waals surface area contributed by atoms with Crippen molar-refractivity contribution >= 4 is 0 Å². The first-order chi connectivity index (χ1) is 9.56. The van der Waals surface area contributed by atoms with E-state index in [4.69, 9.17) is 4.74 Å².